The lowest BCUT2D eigenvalue weighted by Gasteiger charge is -2.21. The Balaban J connectivity index is 2.63. The smallest absolute Gasteiger partial charge is 0.267 e. The fraction of sp³-hybridized carbons (Fsp3) is 0.875. The highest BCUT2D eigenvalue weighted by Crippen LogP contribution is 2.32. The van der Waals surface area contributed by atoms with Crippen LogP contribution in [0, 0.1) is 0 Å². The topological polar surface area (TPSA) is 40.5 Å². The molecule has 1 aliphatic heterocycles. The van der Waals surface area contributed by atoms with Crippen molar-refractivity contribution in [3.8, 4) is 0 Å². The van der Waals surface area contributed by atoms with Crippen LogP contribution in [0.15, 0.2) is 0 Å². The zero-order valence-corrected chi connectivity index (χ0v) is 8.31. The van der Waals surface area contributed by atoms with Gasteiger partial charge in [-0.1, -0.05) is 0 Å². The first-order chi connectivity index (χ1) is 6.50. The number of aliphatic hydroxyl groups is 1. The van der Waals surface area contributed by atoms with E-state index in [0.717, 1.165) is 4.90 Å². The number of alkyl halides is 3. The Morgan fingerprint density at radius 2 is 2.29 bits per heavy atom. The molecule has 1 aliphatic rings. The van der Waals surface area contributed by atoms with Gasteiger partial charge in [0, 0.05) is 18.7 Å². The largest absolute Gasteiger partial charge is 0.394 e. The van der Waals surface area contributed by atoms with E-state index in [1.165, 1.54) is 0 Å². The Morgan fingerprint density at radius 3 is 2.79 bits per heavy atom. The highest BCUT2D eigenvalue weighted by Gasteiger charge is 2.46. The molecule has 82 valence electrons. The van der Waals surface area contributed by atoms with Gasteiger partial charge in [-0.05, 0) is 0 Å². The molecule has 1 rings (SSSR count). The van der Waals surface area contributed by atoms with Crippen molar-refractivity contribution in [1.82, 2.24) is 4.90 Å². The maximum absolute atomic E-state index is 12.9. The second-order valence-corrected chi connectivity index (χ2v) is 3.74. The van der Waals surface area contributed by atoms with E-state index < -0.39 is 37.4 Å². The van der Waals surface area contributed by atoms with Crippen LogP contribution in [0.3, 0.4) is 0 Å². The Kier molecular flexibility index (Phi) is 3.66. The second kappa shape index (κ2) is 4.40. The van der Waals surface area contributed by atoms with E-state index in [-0.39, 0.29) is 12.3 Å². The summed E-state index contributed by atoms with van der Waals surface area (Å²) in [6.45, 7) is -1.03. The first kappa shape index (κ1) is 11.7. The van der Waals surface area contributed by atoms with Gasteiger partial charge in [0.15, 0.2) is 0 Å². The van der Waals surface area contributed by atoms with E-state index in [1.807, 2.05) is 0 Å². The lowest BCUT2D eigenvalue weighted by Crippen LogP contribution is -2.38. The Bertz CT molecular complexity index is 225. The first-order valence-corrected chi connectivity index (χ1v) is 4.88. The highest BCUT2D eigenvalue weighted by atomic mass is 35.5. The fourth-order valence-electron chi connectivity index (χ4n) is 1.58. The van der Waals surface area contributed by atoms with Gasteiger partial charge in [0.2, 0.25) is 5.91 Å². The van der Waals surface area contributed by atoms with Crippen LogP contribution in [-0.2, 0) is 4.79 Å². The van der Waals surface area contributed by atoms with Crippen molar-refractivity contribution in [2.24, 2.45) is 0 Å². The number of likely N-dealkylation sites (tertiary alicyclic amines) is 1. The Hall–Kier alpha value is -0.420. The number of amides is 1. The lowest BCUT2D eigenvalue weighted by atomic mass is 10.2. The summed E-state index contributed by atoms with van der Waals surface area (Å²) >= 11 is 5.34. The molecule has 0 aromatic heterocycles. The number of halogens is 3. The van der Waals surface area contributed by atoms with E-state index >= 15 is 0 Å². The average Bonchev–Trinajstić information content (AvgIpc) is 2.41. The predicted molar refractivity (Wildman–Crippen MR) is 47.5 cm³/mol. The molecule has 1 heterocycles. The molecule has 1 N–H and O–H groups in total. The van der Waals surface area contributed by atoms with Crippen molar-refractivity contribution < 1.29 is 18.7 Å². The number of aliphatic hydroxyl groups excluding tert-OH is 1. The molecule has 0 aromatic carbocycles. The molecule has 1 amide bonds. The van der Waals surface area contributed by atoms with E-state index in [1.54, 1.807) is 0 Å². The summed E-state index contributed by atoms with van der Waals surface area (Å²) in [4.78, 5) is 12.3. The molecule has 1 fully saturated rings. The van der Waals surface area contributed by atoms with Crippen molar-refractivity contribution in [2.45, 2.75) is 24.8 Å². The van der Waals surface area contributed by atoms with Crippen molar-refractivity contribution >= 4 is 17.5 Å². The summed E-state index contributed by atoms with van der Waals surface area (Å²) in [6.07, 6.45) is -0.425. The van der Waals surface area contributed by atoms with Crippen LogP contribution in [0.5, 0.6) is 0 Å². The number of hydrogen-bond donors (Lipinski definition) is 1. The SMILES string of the molecule is O=C(CCCl)N1CC(F)(F)C[C@@H]1CO. The molecule has 3 nitrogen and oxygen atoms in total. The molecule has 0 aliphatic carbocycles. The van der Waals surface area contributed by atoms with E-state index in [2.05, 4.69) is 0 Å². The molecule has 6 heteroatoms. The normalized spacial score (nSPS) is 25.4. The molecule has 0 bridgehead atoms. The molecule has 0 spiro atoms. The summed E-state index contributed by atoms with van der Waals surface area (Å²) < 4.78 is 25.8. The standard InChI is InChI=1S/C8H12ClF2NO2/c9-2-1-7(14)12-5-8(10,11)3-6(12)4-13/h6,13H,1-5H2/t6-/m1/s1. The van der Waals surface area contributed by atoms with Crippen molar-refractivity contribution in [2.75, 3.05) is 19.0 Å². The van der Waals surface area contributed by atoms with Crippen LogP contribution in [0.25, 0.3) is 0 Å². The summed E-state index contributed by atoms with van der Waals surface area (Å²) in [7, 11) is 0. The van der Waals surface area contributed by atoms with Crippen molar-refractivity contribution in [1.29, 1.82) is 0 Å². The number of carbonyl (C=O) groups is 1. The third-order valence-electron chi connectivity index (χ3n) is 2.22. The Morgan fingerprint density at radius 1 is 1.64 bits per heavy atom. The summed E-state index contributed by atoms with van der Waals surface area (Å²) in [5.41, 5.74) is 0. The molecule has 14 heavy (non-hydrogen) atoms. The monoisotopic (exact) mass is 227 g/mol. The molecule has 0 aromatic rings. The van der Waals surface area contributed by atoms with Gasteiger partial charge in [0.1, 0.15) is 0 Å². The van der Waals surface area contributed by atoms with Gasteiger partial charge >= 0.3 is 0 Å². The average molecular weight is 228 g/mol. The number of nitrogens with zero attached hydrogens (tertiary/aromatic N) is 1. The van der Waals surface area contributed by atoms with Gasteiger partial charge in [-0.2, -0.15) is 0 Å². The molecule has 1 atom stereocenters. The van der Waals surface area contributed by atoms with Gasteiger partial charge < -0.3 is 10.0 Å². The van der Waals surface area contributed by atoms with E-state index in [4.69, 9.17) is 16.7 Å². The van der Waals surface area contributed by atoms with Gasteiger partial charge in [-0.25, -0.2) is 8.78 Å². The number of rotatable bonds is 3. The number of carbonyl (C=O) groups excluding carboxylic acids is 1. The maximum atomic E-state index is 12.9. The molecular weight excluding hydrogens is 216 g/mol. The molecule has 0 unspecified atom stereocenters. The van der Waals surface area contributed by atoms with E-state index in [9.17, 15) is 13.6 Å². The van der Waals surface area contributed by atoms with Gasteiger partial charge in [-0.3, -0.25) is 4.79 Å². The van der Waals surface area contributed by atoms with Crippen molar-refractivity contribution in [3.63, 3.8) is 0 Å². The molecule has 1 saturated heterocycles. The van der Waals surface area contributed by atoms with Crippen LogP contribution in [0.1, 0.15) is 12.8 Å². The molecule has 0 radical (unpaired) electrons. The fourth-order valence-corrected chi connectivity index (χ4v) is 1.74. The maximum Gasteiger partial charge on any atom is 0.267 e. The lowest BCUT2D eigenvalue weighted by molar-refractivity contribution is -0.133. The summed E-state index contributed by atoms with van der Waals surface area (Å²) in [5.74, 6) is -3.19. The molecular formula is C8H12ClF2NO2. The second-order valence-electron chi connectivity index (χ2n) is 3.36. The minimum atomic E-state index is -2.88. The zero-order chi connectivity index (χ0) is 10.8. The minimum absolute atomic E-state index is 0.0358. The van der Waals surface area contributed by atoms with Crippen LogP contribution >= 0.6 is 11.6 Å². The van der Waals surface area contributed by atoms with Crippen LogP contribution in [-0.4, -0.2) is 46.9 Å². The van der Waals surface area contributed by atoms with Gasteiger partial charge in [0.25, 0.3) is 5.92 Å². The van der Waals surface area contributed by atoms with Gasteiger partial charge in [-0.15, -0.1) is 11.6 Å². The van der Waals surface area contributed by atoms with Crippen LogP contribution in [0.2, 0.25) is 0 Å². The van der Waals surface area contributed by atoms with Gasteiger partial charge in [0.05, 0.1) is 19.2 Å². The quantitative estimate of drug-likeness (QED) is 0.726. The minimum Gasteiger partial charge on any atom is -0.394 e. The first-order valence-electron chi connectivity index (χ1n) is 4.34. The highest BCUT2D eigenvalue weighted by molar-refractivity contribution is 6.18. The van der Waals surface area contributed by atoms with Crippen LogP contribution < -0.4 is 0 Å². The van der Waals surface area contributed by atoms with Crippen molar-refractivity contribution in [3.05, 3.63) is 0 Å². The third kappa shape index (κ3) is 2.54. The number of hydrogen-bond acceptors (Lipinski definition) is 2. The summed E-state index contributed by atoms with van der Waals surface area (Å²) in [6, 6.07) is -0.763. The van der Waals surface area contributed by atoms with E-state index in [0.29, 0.717) is 0 Å². The molecule has 0 saturated carbocycles. The third-order valence-corrected chi connectivity index (χ3v) is 2.41. The zero-order valence-electron chi connectivity index (χ0n) is 7.55. The predicted octanol–water partition coefficient (Wildman–Crippen LogP) is 0.844. The summed E-state index contributed by atoms with van der Waals surface area (Å²) in [5, 5.41) is 8.83. The van der Waals surface area contributed by atoms with Crippen LogP contribution in [0.4, 0.5) is 8.78 Å². The Labute approximate surface area is 85.6 Å².